The Morgan fingerprint density at radius 1 is 1.16 bits per heavy atom. The van der Waals surface area contributed by atoms with E-state index in [-0.39, 0.29) is 10.5 Å². The smallest absolute Gasteiger partial charge is 0.416 e. The van der Waals surface area contributed by atoms with Gasteiger partial charge in [-0.25, -0.2) is 4.83 Å². The van der Waals surface area contributed by atoms with Gasteiger partial charge in [0, 0.05) is 0 Å². The molecule has 2 rings (SSSR count). The summed E-state index contributed by atoms with van der Waals surface area (Å²) in [6, 6.07) is 10.1. The minimum atomic E-state index is -4.48. The van der Waals surface area contributed by atoms with E-state index >= 15 is 0 Å². The third kappa shape index (κ3) is 5.21. The second-order valence-corrected chi connectivity index (χ2v) is 6.54. The summed E-state index contributed by atoms with van der Waals surface area (Å²) < 4.78 is 67.2. The lowest BCUT2D eigenvalue weighted by atomic mass is 10.1. The van der Waals surface area contributed by atoms with Gasteiger partial charge in [0.05, 0.1) is 23.3 Å². The van der Waals surface area contributed by atoms with E-state index in [0.717, 1.165) is 18.3 Å². The number of benzene rings is 2. The first-order valence-electron chi connectivity index (χ1n) is 7.17. The topological polar surface area (TPSA) is 67.8 Å². The molecule has 0 saturated heterocycles. The van der Waals surface area contributed by atoms with Crippen molar-refractivity contribution in [3.8, 4) is 5.75 Å². The first-order valence-corrected chi connectivity index (χ1v) is 8.65. The Bertz CT molecular complexity index is 848. The van der Waals surface area contributed by atoms with E-state index in [9.17, 15) is 21.6 Å². The van der Waals surface area contributed by atoms with Crippen LogP contribution in [-0.4, -0.2) is 21.2 Å². The van der Waals surface area contributed by atoms with Crippen molar-refractivity contribution in [2.45, 2.75) is 18.0 Å². The van der Waals surface area contributed by atoms with E-state index < -0.39 is 21.8 Å². The van der Waals surface area contributed by atoms with Crippen LogP contribution in [0.15, 0.2) is 58.5 Å². The Balaban J connectivity index is 2.10. The van der Waals surface area contributed by atoms with Crippen LogP contribution in [-0.2, 0) is 16.2 Å². The van der Waals surface area contributed by atoms with Crippen LogP contribution in [0.3, 0.4) is 0 Å². The molecule has 5 nitrogen and oxygen atoms in total. The lowest BCUT2D eigenvalue weighted by molar-refractivity contribution is -0.137. The average Bonchev–Trinajstić information content (AvgIpc) is 2.55. The predicted octanol–water partition coefficient (Wildman–Crippen LogP) is 3.42. The highest BCUT2D eigenvalue weighted by molar-refractivity contribution is 7.89. The minimum Gasteiger partial charge on any atom is -0.494 e. The van der Waals surface area contributed by atoms with E-state index in [1.165, 1.54) is 36.4 Å². The summed E-state index contributed by atoms with van der Waals surface area (Å²) in [5.41, 5.74) is -0.727. The monoisotopic (exact) mass is 372 g/mol. The molecule has 0 aliphatic rings. The molecule has 0 fully saturated rings. The number of rotatable bonds is 6. The normalized spacial score (nSPS) is 12.3. The molecule has 0 spiro atoms. The Morgan fingerprint density at radius 3 is 2.44 bits per heavy atom. The van der Waals surface area contributed by atoms with Gasteiger partial charge in [0.2, 0.25) is 0 Å². The molecule has 2 aromatic rings. The number of hydrogen-bond donors (Lipinski definition) is 1. The lowest BCUT2D eigenvalue weighted by Gasteiger charge is -2.07. The number of ether oxygens (including phenoxy) is 1. The van der Waals surface area contributed by atoms with Gasteiger partial charge in [-0.2, -0.15) is 26.7 Å². The largest absolute Gasteiger partial charge is 0.494 e. The molecule has 0 aliphatic carbocycles. The molecule has 0 aliphatic heterocycles. The number of hydrogen-bond acceptors (Lipinski definition) is 4. The van der Waals surface area contributed by atoms with E-state index in [4.69, 9.17) is 4.74 Å². The fourth-order valence-corrected chi connectivity index (χ4v) is 2.69. The molecule has 0 bridgehead atoms. The van der Waals surface area contributed by atoms with Gasteiger partial charge in [-0.1, -0.05) is 12.1 Å². The van der Waals surface area contributed by atoms with Crippen LogP contribution in [0, 0.1) is 0 Å². The Kier molecular flexibility index (Phi) is 5.68. The van der Waals surface area contributed by atoms with E-state index in [2.05, 4.69) is 5.10 Å². The van der Waals surface area contributed by atoms with Crippen molar-refractivity contribution in [3.05, 3.63) is 59.7 Å². The fraction of sp³-hybridized carbons (Fsp3) is 0.188. The molecule has 134 valence electrons. The zero-order chi connectivity index (χ0) is 18.5. The fourth-order valence-electron chi connectivity index (χ4n) is 1.90. The number of alkyl halides is 3. The molecule has 25 heavy (non-hydrogen) atoms. The van der Waals surface area contributed by atoms with Crippen molar-refractivity contribution in [1.82, 2.24) is 4.83 Å². The van der Waals surface area contributed by atoms with E-state index in [0.29, 0.717) is 12.4 Å². The highest BCUT2D eigenvalue weighted by atomic mass is 32.2. The maximum Gasteiger partial charge on any atom is 0.416 e. The Labute approximate surface area is 143 Å². The number of sulfonamides is 1. The Hall–Kier alpha value is -2.55. The zero-order valence-electron chi connectivity index (χ0n) is 13.1. The summed E-state index contributed by atoms with van der Waals surface area (Å²) in [6.45, 7) is 2.25. The van der Waals surface area contributed by atoms with E-state index in [1.54, 1.807) is 6.92 Å². The molecule has 2 aromatic carbocycles. The standard InChI is InChI=1S/C16H15F3N2O3S/c1-2-24-14-6-8-15(9-7-14)25(22,23)21-20-11-12-4-3-5-13(10-12)16(17,18)19/h3-11,21H,2H2,1H3. The summed E-state index contributed by atoms with van der Waals surface area (Å²) in [6.07, 6.45) is -3.48. The van der Waals surface area contributed by atoms with Crippen molar-refractivity contribution in [3.63, 3.8) is 0 Å². The lowest BCUT2D eigenvalue weighted by Crippen LogP contribution is -2.18. The molecule has 0 amide bonds. The summed E-state index contributed by atoms with van der Waals surface area (Å²) in [5, 5.41) is 3.51. The minimum absolute atomic E-state index is 0.0443. The molecule has 0 unspecified atom stereocenters. The van der Waals surface area contributed by atoms with Crippen LogP contribution in [0.2, 0.25) is 0 Å². The second kappa shape index (κ2) is 7.56. The number of halogens is 3. The van der Waals surface area contributed by atoms with Gasteiger partial charge >= 0.3 is 6.18 Å². The van der Waals surface area contributed by atoms with Crippen LogP contribution in [0.5, 0.6) is 5.75 Å². The van der Waals surface area contributed by atoms with Gasteiger partial charge < -0.3 is 4.74 Å². The first kappa shape index (κ1) is 18.8. The van der Waals surface area contributed by atoms with Gasteiger partial charge in [0.15, 0.2) is 0 Å². The van der Waals surface area contributed by atoms with Crippen LogP contribution < -0.4 is 9.57 Å². The van der Waals surface area contributed by atoms with Crippen molar-refractivity contribution in [1.29, 1.82) is 0 Å². The van der Waals surface area contributed by atoms with Gasteiger partial charge in [0.25, 0.3) is 10.0 Å². The van der Waals surface area contributed by atoms with Crippen molar-refractivity contribution in [2.24, 2.45) is 5.10 Å². The van der Waals surface area contributed by atoms with Gasteiger partial charge in [-0.3, -0.25) is 0 Å². The summed E-state index contributed by atoms with van der Waals surface area (Å²) in [5.74, 6) is 0.522. The van der Waals surface area contributed by atoms with Crippen molar-refractivity contribution < 1.29 is 26.3 Å². The number of hydrazone groups is 1. The van der Waals surface area contributed by atoms with Gasteiger partial charge in [-0.15, -0.1) is 0 Å². The highest BCUT2D eigenvalue weighted by Crippen LogP contribution is 2.29. The maximum absolute atomic E-state index is 12.6. The third-order valence-corrected chi connectivity index (χ3v) is 4.28. The SMILES string of the molecule is CCOc1ccc(S(=O)(=O)NN=Cc2cccc(C(F)(F)F)c2)cc1. The molecular weight excluding hydrogens is 357 g/mol. The Morgan fingerprint density at radius 2 is 1.84 bits per heavy atom. The third-order valence-electron chi connectivity index (χ3n) is 3.05. The predicted molar refractivity (Wildman–Crippen MR) is 87.0 cm³/mol. The number of nitrogens with one attached hydrogen (secondary N) is 1. The highest BCUT2D eigenvalue weighted by Gasteiger charge is 2.30. The van der Waals surface area contributed by atoms with E-state index in [1.807, 2.05) is 4.83 Å². The second-order valence-electron chi connectivity index (χ2n) is 4.88. The average molecular weight is 372 g/mol. The van der Waals surface area contributed by atoms with Crippen LogP contribution in [0.4, 0.5) is 13.2 Å². The number of nitrogens with zero attached hydrogens (tertiary/aromatic N) is 1. The van der Waals surface area contributed by atoms with Gasteiger partial charge in [0.1, 0.15) is 5.75 Å². The van der Waals surface area contributed by atoms with Crippen LogP contribution in [0.25, 0.3) is 0 Å². The molecule has 0 radical (unpaired) electrons. The molecule has 9 heteroatoms. The molecule has 0 heterocycles. The maximum atomic E-state index is 12.6. The summed E-state index contributed by atoms with van der Waals surface area (Å²) in [7, 11) is -3.93. The van der Waals surface area contributed by atoms with Gasteiger partial charge in [-0.05, 0) is 48.9 Å². The first-order chi connectivity index (χ1) is 11.7. The molecule has 0 aromatic heterocycles. The summed E-state index contributed by atoms with van der Waals surface area (Å²) in [4.78, 5) is 1.91. The quantitative estimate of drug-likeness (QED) is 0.624. The molecule has 1 N–H and O–H groups in total. The molecular formula is C16H15F3N2O3S. The van der Waals surface area contributed by atoms with Crippen LogP contribution >= 0.6 is 0 Å². The zero-order valence-corrected chi connectivity index (χ0v) is 13.9. The van der Waals surface area contributed by atoms with Crippen LogP contribution in [0.1, 0.15) is 18.1 Å². The molecule has 0 saturated carbocycles. The summed E-state index contributed by atoms with van der Waals surface area (Å²) >= 11 is 0. The van der Waals surface area contributed by atoms with Crippen molar-refractivity contribution >= 4 is 16.2 Å². The molecule has 0 atom stereocenters. The van der Waals surface area contributed by atoms with Crippen molar-refractivity contribution in [2.75, 3.05) is 6.61 Å².